The highest BCUT2D eigenvalue weighted by Crippen LogP contribution is 2.33. The molecule has 18 heavy (non-hydrogen) atoms. The minimum atomic E-state index is -0.226. The lowest BCUT2D eigenvalue weighted by Crippen LogP contribution is -2.02. The summed E-state index contributed by atoms with van der Waals surface area (Å²) in [5.74, 6) is -0.140. The number of para-hydroxylation sites is 1. The number of phenols is 1. The third-order valence-corrected chi connectivity index (χ3v) is 3.40. The Balaban J connectivity index is 2.66. The van der Waals surface area contributed by atoms with E-state index in [0.717, 1.165) is 0 Å². The average molecular weight is 281 g/mol. The molecule has 90 valence electrons. The van der Waals surface area contributed by atoms with Crippen molar-refractivity contribution in [1.82, 2.24) is 0 Å². The molecule has 5 heteroatoms. The van der Waals surface area contributed by atoms with Crippen LogP contribution in [-0.4, -0.2) is 5.11 Å². The van der Waals surface area contributed by atoms with Crippen LogP contribution in [-0.2, 0) is 0 Å². The largest absolute Gasteiger partial charge is 0.506 e. The Hall–Kier alpha value is -1.71. The average Bonchev–Trinajstić information content (AvgIpc) is 2.36. The van der Waals surface area contributed by atoms with Gasteiger partial charge in [0.15, 0.2) is 11.2 Å². The van der Waals surface area contributed by atoms with Gasteiger partial charge in [-0.1, -0.05) is 29.3 Å². The van der Waals surface area contributed by atoms with Crippen LogP contribution in [0.3, 0.4) is 0 Å². The van der Waals surface area contributed by atoms with Crippen molar-refractivity contribution < 1.29 is 9.52 Å². The SMILES string of the molecule is O=c1c2cccc(Cl)c2oc2c(Cl)c(O)ccc12. The second-order valence-electron chi connectivity index (χ2n) is 3.82. The van der Waals surface area contributed by atoms with Gasteiger partial charge in [-0.05, 0) is 24.3 Å². The summed E-state index contributed by atoms with van der Waals surface area (Å²) in [6, 6.07) is 7.76. The first-order valence-electron chi connectivity index (χ1n) is 5.12. The Kier molecular flexibility index (Phi) is 2.47. The molecule has 2 aromatic carbocycles. The highest BCUT2D eigenvalue weighted by Gasteiger charge is 2.14. The number of hydrogen-bond acceptors (Lipinski definition) is 3. The van der Waals surface area contributed by atoms with Gasteiger partial charge in [-0.15, -0.1) is 0 Å². The summed E-state index contributed by atoms with van der Waals surface area (Å²) in [6.45, 7) is 0. The van der Waals surface area contributed by atoms with Crippen molar-refractivity contribution in [2.75, 3.05) is 0 Å². The van der Waals surface area contributed by atoms with Crippen molar-refractivity contribution in [2.24, 2.45) is 0 Å². The Morgan fingerprint density at radius 3 is 2.50 bits per heavy atom. The van der Waals surface area contributed by atoms with Gasteiger partial charge in [0.25, 0.3) is 0 Å². The van der Waals surface area contributed by atoms with Crippen LogP contribution in [0.2, 0.25) is 10.0 Å². The lowest BCUT2D eigenvalue weighted by atomic mass is 10.1. The summed E-state index contributed by atoms with van der Waals surface area (Å²) in [4.78, 5) is 12.2. The van der Waals surface area contributed by atoms with Crippen LogP contribution in [0.4, 0.5) is 0 Å². The van der Waals surface area contributed by atoms with Gasteiger partial charge < -0.3 is 9.52 Å². The second-order valence-corrected chi connectivity index (χ2v) is 4.61. The fraction of sp³-hybridized carbons (Fsp3) is 0. The fourth-order valence-corrected chi connectivity index (χ4v) is 2.28. The van der Waals surface area contributed by atoms with E-state index in [-0.39, 0.29) is 27.4 Å². The molecule has 0 aliphatic carbocycles. The quantitative estimate of drug-likeness (QED) is 0.634. The van der Waals surface area contributed by atoms with Crippen molar-refractivity contribution in [1.29, 1.82) is 0 Å². The van der Waals surface area contributed by atoms with E-state index in [4.69, 9.17) is 27.6 Å². The molecule has 0 bridgehead atoms. The molecule has 3 rings (SSSR count). The first kappa shape index (κ1) is 11.4. The van der Waals surface area contributed by atoms with Crippen molar-refractivity contribution in [3.63, 3.8) is 0 Å². The molecule has 0 unspecified atom stereocenters. The van der Waals surface area contributed by atoms with Gasteiger partial charge in [-0.2, -0.15) is 0 Å². The summed E-state index contributed by atoms with van der Waals surface area (Å²) in [5, 5.41) is 10.6. The number of rotatable bonds is 0. The molecule has 1 aromatic heterocycles. The van der Waals surface area contributed by atoms with Crippen LogP contribution in [0.5, 0.6) is 5.75 Å². The first-order valence-corrected chi connectivity index (χ1v) is 5.87. The molecule has 0 fully saturated rings. The standard InChI is InChI=1S/C13H6Cl2O3/c14-8-3-1-2-6-11(17)7-4-5-9(16)10(15)13(7)18-12(6)8/h1-5,16H. The van der Waals surface area contributed by atoms with Crippen LogP contribution in [0.1, 0.15) is 0 Å². The Morgan fingerprint density at radius 2 is 1.72 bits per heavy atom. The molecule has 1 heterocycles. The number of halogens is 2. The molecular weight excluding hydrogens is 275 g/mol. The predicted octanol–water partition coefficient (Wildman–Crippen LogP) is 3.96. The minimum Gasteiger partial charge on any atom is -0.506 e. The zero-order chi connectivity index (χ0) is 12.9. The maximum Gasteiger partial charge on any atom is 0.200 e. The Morgan fingerprint density at radius 1 is 1.00 bits per heavy atom. The smallest absolute Gasteiger partial charge is 0.200 e. The topological polar surface area (TPSA) is 50.4 Å². The Labute approximate surface area is 111 Å². The van der Waals surface area contributed by atoms with Gasteiger partial charge in [-0.3, -0.25) is 4.79 Å². The van der Waals surface area contributed by atoms with Crippen molar-refractivity contribution in [3.8, 4) is 5.75 Å². The zero-order valence-corrected chi connectivity index (χ0v) is 10.4. The number of benzene rings is 2. The molecule has 0 spiro atoms. The Bertz CT molecular complexity index is 837. The number of phenolic OH excluding ortho intramolecular Hbond substituents is 1. The van der Waals surface area contributed by atoms with Crippen molar-refractivity contribution in [2.45, 2.75) is 0 Å². The van der Waals surface area contributed by atoms with Crippen LogP contribution in [0.15, 0.2) is 39.5 Å². The maximum absolute atomic E-state index is 12.2. The third kappa shape index (κ3) is 1.48. The number of fused-ring (bicyclic) bond motifs is 2. The summed E-state index contributed by atoms with van der Waals surface area (Å²) in [7, 11) is 0. The van der Waals surface area contributed by atoms with E-state index in [2.05, 4.69) is 0 Å². The molecule has 3 nitrogen and oxygen atoms in total. The highest BCUT2D eigenvalue weighted by molar-refractivity contribution is 6.37. The van der Waals surface area contributed by atoms with Crippen molar-refractivity contribution in [3.05, 3.63) is 50.6 Å². The minimum absolute atomic E-state index is 0.00594. The van der Waals surface area contributed by atoms with Gasteiger partial charge in [-0.25, -0.2) is 0 Å². The van der Waals surface area contributed by atoms with E-state index in [9.17, 15) is 9.90 Å². The van der Waals surface area contributed by atoms with Gasteiger partial charge in [0.05, 0.1) is 15.8 Å². The summed E-state index contributed by atoms with van der Waals surface area (Å²) >= 11 is 11.9. The first-order chi connectivity index (χ1) is 8.59. The highest BCUT2D eigenvalue weighted by atomic mass is 35.5. The molecular formula is C13H6Cl2O3. The summed E-state index contributed by atoms with van der Waals surface area (Å²) in [5.41, 5.74) is 0.182. The van der Waals surface area contributed by atoms with E-state index in [1.165, 1.54) is 12.1 Å². The van der Waals surface area contributed by atoms with Crippen LogP contribution in [0, 0.1) is 0 Å². The van der Waals surface area contributed by atoms with E-state index in [0.29, 0.717) is 15.8 Å². The van der Waals surface area contributed by atoms with Crippen LogP contribution >= 0.6 is 23.2 Å². The van der Waals surface area contributed by atoms with Crippen molar-refractivity contribution >= 4 is 45.1 Å². The number of hydrogen-bond donors (Lipinski definition) is 1. The van der Waals surface area contributed by atoms with E-state index in [1.807, 2.05) is 0 Å². The third-order valence-electron chi connectivity index (χ3n) is 2.74. The van der Waals surface area contributed by atoms with E-state index in [1.54, 1.807) is 18.2 Å². The van der Waals surface area contributed by atoms with E-state index < -0.39 is 0 Å². The lowest BCUT2D eigenvalue weighted by molar-refractivity contribution is 0.475. The molecule has 0 saturated carbocycles. The maximum atomic E-state index is 12.2. The molecule has 0 amide bonds. The summed E-state index contributed by atoms with van der Waals surface area (Å²) < 4.78 is 5.55. The van der Waals surface area contributed by atoms with Gasteiger partial charge >= 0.3 is 0 Å². The zero-order valence-electron chi connectivity index (χ0n) is 8.91. The second kappa shape index (κ2) is 3.90. The summed E-state index contributed by atoms with van der Waals surface area (Å²) in [6.07, 6.45) is 0. The monoisotopic (exact) mass is 280 g/mol. The molecule has 0 atom stereocenters. The lowest BCUT2D eigenvalue weighted by Gasteiger charge is -2.05. The molecule has 0 aliphatic heterocycles. The fourth-order valence-electron chi connectivity index (χ4n) is 1.86. The van der Waals surface area contributed by atoms with Gasteiger partial charge in [0, 0.05) is 0 Å². The molecule has 0 aliphatic rings. The van der Waals surface area contributed by atoms with Crippen LogP contribution in [0.25, 0.3) is 21.9 Å². The van der Waals surface area contributed by atoms with Gasteiger partial charge in [0.1, 0.15) is 10.8 Å². The molecule has 3 aromatic rings. The molecule has 0 saturated heterocycles. The number of aromatic hydroxyl groups is 1. The molecule has 0 radical (unpaired) electrons. The van der Waals surface area contributed by atoms with E-state index >= 15 is 0 Å². The van der Waals surface area contributed by atoms with Crippen LogP contribution < -0.4 is 5.43 Å². The van der Waals surface area contributed by atoms with Gasteiger partial charge in [0.2, 0.25) is 5.43 Å². The molecule has 1 N–H and O–H groups in total. The predicted molar refractivity (Wildman–Crippen MR) is 71.7 cm³/mol. The normalized spacial score (nSPS) is 11.2.